The van der Waals surface area contributed by atoms with E-state index in [0.717, 1.165) is 19.4 Å². The van der Waals surface area contributed by atoms with E-state index in [-0.39, 0.29) is 6.09 Å². The van der Waals surface area contributed by atoms with Gasteiger partial charge in [-0.3, -0.25) is 4.79 Å². The molecule has 0 saturated carbocycles. The molecule has 0 aromatic heterocycles. The SMILES string of the molecule is CCCCNC(=O)OC(C)(C)C.CCN.COC=O. The number of carbonyl (C=O) groups is 2. The Morgan fingerprint density at radius 3 is 2.00 bits per heavy atom. The predicted molar refractivity (Wildman–Crippen MR) is 76.9 cm³/mol. The Morgan fingerprint density at radius 2 is 1.74 bits per heavy atom. The standard InChI is InChI=1S/C9H19NO2.C2H7N.C2H4O2/c1-5-6-7-10-8(11)12-9(2,3)4;1-2-3;1-4-2-3/h5-7H2,1-4H3,(H,10,11);2-3H2,1H3;2H,1H3. The molecule has 0 bridgehead atoms. The molecule has 0 fully saturated rings. The number of amides is 1. The van der Waals surface area contributed by atoms with Gasteiger partial charge in [-0.2, -0.15) is 0 Å². The Hall–Kier alpha value is -1.30. The maximum atomic E-state index is 11.0. The van der Waals surface area contributed by atoms with E-state index in [0.29, 0.717) is 13.0 Å². The van der Waals surface area contributed by atoms with E-state index in [1.807, 2.05) is 27.7 Å². The lowest BCUT2D eigenvalue weighted by atomic mass is 10.2. The first-order chi connectivity index (χ1) is 8.78. The van der Waals surface area contributed by atoms with Gasteiger partial charge in [0, 0.05) is 6.54 Å². The summed E-state index contributed by atoms with van der Waals surface area (Å²) in [6, 6.07) is 0. The van der Waals surface area contributed by atoms with Crippen molar-refractivity contribution in [1.82, 2.24) is 5.32 Å². The number of methoxy groups -OCH3 is 1. The van der Waals surface area contributed by atoms with Crippen molar-refractivity contribution >= 4 is 12.6 Å². The van der Waals surface area contributed by atoms with Crippen LogP contribution in [0.25, 0.3) is 0 Å². The first-order valence-corrected chi connectivity index (χ1v) is 6.42. The monoisotopic (exact) mass is 278 g/mol. The van der Waals surface area contributed by atoms with Crippen LogP contribution in [0.1, 0.15) is 47.5 Å². The van der Waals surface area contributed by atoms with Gasteiger partial charge < -0.3 is 20.5 Å². The largest absolute Gasteiger partial charge is 0.471 e. The summed E-state index contributed by atoms with van der Waals surface area (Å²) in [7, 11) is 1.31. The molecule has 6 nitrogen and oxygen atoms in total. The Bertz CT molecular complexity index is 203. The van der Waals surface area contributed by atoms with E-state index >= 15 is 0 Å². The van der Waals surface area contributed by atoms with Crippen LogP contribution in [-0.4, -0.2) is 38.4 Å². The molecule has 0 spiro atoms. The summed E-state index contributed by atoms with van der Waals surface area (Å²) < 4.78 is 8.90. The maximum Gasteiger partial charge on any atom is 0.407 e. The average Bonchev–Trinajstić information content (AvgIpc) is 2.28. The van der Waals surface area contributed by atoms with E-state index in [1.54, 1.807) is 0 Å². The molecule has 3 N–H and O–H groups in total. The van der Waals surface area contributed by atoms with E-state index in [2.05, 4.69) is 17.0 Å². The van der Waals surface area contributed by atoms with Gasteiger partial charge in [0.1, 0.15) is 5.60 Å². The van der Waals surface area contributed by atoms with Crippen molar-refractivity contribution in [2.24, 2.45) is 5.73 Å². The molecule has 0 heterocycles. The lowest BCUT2D eigenvalue weighted by Crippen LogP contribution is -2.32. The maximum absolute atomic E-state index is 11.0. The molecule has 0 radical (unpaired) electrons. The van der Waals surface area contributed by atoms with Gasteiger partial charge in [0.25, 0.3) is 6.47 Å². The third kappa shape index (κ3) is 38.4. The zero-order valence-corrected chi connectivity index (χ0v) is 13.1. The van der Waals surface area contributed by atoms with Crippen molar-refractivity contribution in [3.8, 4) is 0 Å². The summed E-state index contributed by atoms with van der Waals surface area (Å²) in [5, 5.41) is 2.68. The molecular weight excluding hydrogens is 248 g/mol. The summed E-state index contributed by atoms with van der Waals surface area (Å²) in [5.41, 5.74) is 4.45. The lowest BCUT2D eigenvalue weighted by Gasteiger charge is -2.19. The number of nitrogens with two attached hydrogens (primary N) is 1. The van der Waals surface area contributed by atoms with E-state index in [1.165, 1.54) is 7.11 Å². The van der Waals surface area contributed by atoms with Crippen LogP contribution >= 0.6 is 0 Å². The fourth-order valence-electron chi connectivity index (χ4n) is 0.681. The van der Waals surface area contributed by atoms with Crippen molar-refractivity contribution in [1.29, 1.82) is 0 Å². The highest BCUT2D eigenvalue weighted by molar-refractivity contribution is 5.67. The second kappa shape index (κ2) is 16.7. The summed E-state index contributed by atoms with van der Waals surface area (Å²) >= 11 is 0. The number of alkyl carbamates (subject to hydrolysis) is 1. The second-order valence-corrected chi connectivity index (χ2v) is 4.52. The molecule has 0 aliphatic carbocycles. The summed E-state index contributed by atoms with van der Waals surface area (Å²) in [5.74, 6) is 0. The quantitative estimate of drug-likeness (QED) is 0.607. The zero-order valence-electron chi connectivity index (χ0n) is 13.1. The molecule has 0 aliphatic heterocycles. The van der Waals surface area contributed by atoms with Crippen LogP contribution in [-0.2, 0) is 14.3 Å². The fraction of sp³-hybridized carbons (Fsp3) is 0.846. The molecule has 0 aromatic carbocycles. The first-order valence-electron chi connectivity index (χ1n) is 6.42. The smallest absolute Gasteiger partial charge is 0.407 e. The van der Waals surface area contributed by atoms with Crippen LogP contribution in [0.15, 0.2) is 0 Å². The van der Waals surface area contributed by atoms with Gasteiger partial charge in [0.05, 0.1) is 7.11 Å². The highest BCUT2D eigenvalue weighted by atomic mass is 16.6. The molecule has 19 heavy (non-hydrogen) atoms. The van der Waals surface area contributed by atoms with Crippen molar-refractivity contribution in [3.05, 3.63) is 0 Å². The number of carbonyl (C=O) groups excluding carboxylic acids is 2. The van der Waals surface area contributed by atoms with Gasteiger partial charge in [-0.25, -0.2) is 4.79 Å². The topological polar surface area (TPSA) is 90.7 Å². The summed E-state index contributed by atoms with van der Waals surface area (Å²) in [6.07, 6.45) is 1.76. The molecule has 0 saturated heterocycles. The van der Waals surface area contributed by atoms with E-state index in [9.17, 15) is 4.79 Å². The Kier molecular flexibility index (Phi) is 20.1. The van der Waals surface area contributed by atoms with Crippen LogP contribution in [0.5, 0.6) is 0 Å². The number of ether oxygens (including phenoxy) is 2. The number of nitrogens with one attached hydrogen (secondary N) is 1. The van der Waals surface area contributed by atoms with Crippen molar-refractivity contribution in [3.63, 3.8) is 0 Å². The third-order valence-electron chi connectivity index (χ3n) is 1.29. The minimum atomic E-state index is -0.393. The molecular formula is C13H30N2O4. The molecule has 116 valence electrons. The Morgan fingerprint density at radius 1 is 1.32 bits per heavy atom. The second-order valence-electron chi connectivity index (χ2n) is 4.52. The summed E-state index contributed by atoms with van der Waals surface area (Å²) in [4.78, 5) is 20.0. The molecule has 0 aromatic rings. The van der Waals surface area contributed by atoms with Gasteiger partial charge in [0.15, 0.2) is 0 Å². The minimum absolute atomic E-state index is 0.323. The van der Waals surface area contributed by atoms with Crippen molar-refractivity contribution < 1.29 is 19.1 Å². The highest BCUT2D eigenvalue weighted by Crippen LogP contribution is 2.06. The first kappa shape index (κ1) is 22.8. The molecule has 0 rings (SSSR count). The van der Waals surface area contributed by atoms with E-state index in [4.69, 9.17) is 15.3 Å². The number of unbranched alkanes of at least 4 members (excludes halogenated alkanes) is 1. The van der Waals surface area contributed by atoms with Gasteiger partial charge >= 0.3 is 6.09 Å². The normalized spacial score (nSPS) is 9.00. The van der Waals surface area contributed by atoms with Crippen molar-refractivity contribution in [2.45, 2.75) is 53.1 Å². The third-order valence-corrected chi connectivity index (χ3v) is 1.29. The zero-order chi connectivity index (χ0) is 15.7. The lowest BCUT2D eigenvalue weighted by molar-refractivity contribution is -0.126. The molecule has 0 unspecified atom stereocenters. The number of hydrogen-bond acceptors (Lipinski definition) is 5. The van der Waals surface area contributed by atoms with Crippen LogP contribution in [0, 0.1) is 0 Å². The van der Waals surface area contributed by atoms with Gasteiger partial charge in [-0.1, -0.05) is 20.3 Å². The predicted octanol–water partition coefficient (Wildman–Crippen LogP) is 2.07. The van der Waals surface area contributed by atoms with Crippen molar-refractivity contribution in [2.75, 3.05) is 20.2 Å². The highest BCUT2D eigenvalue weighted by Gasteiger charge is 2.14. The molecule has 1 amide bonds. The average molecular weight is 278 g/mol. The van der Waals surface area contributed by atoms with Gasteiger partial charge in [-0.15, -0.1) is 0 Å². The number of rotatable bonds is 4. The summed E-state index contributed by atoms with van der Waals surface area (Å²) in [6.45, 7) is 11.4. The fourth-order valence-corrected chi connectivity index (χ4v) is 0.681. The van der Waals surface area contributed by atoms with Crippen LogP contribution < -0.4 is 11.1 Å². The van der Waals surface area contributed by atoms with Crippen LogP contribution in [0.2, 0.25) is 0 Å². The van der Waals surface area contributed by atoms with Crippen LogP contribution in [0.3, 0.4) is 0 Å². The minimum Gasteiger partial charge on any atom is -0.471 e. The molecule has 0 atom stereocenters. The Labute approximate surface area is 117 Å². The van der Waals surface area contributed by atoms with E-state index < -0.39 is 5.60 Å². The molecule has 6 heteroatoms. The van der Waals surface area contributed by atoms with Gasteiger partial charge in [0.2, 0.25) is 0 Å². The Balaban J connectivity index is -0.000000303. The molecule has 0 aliphatic rings. The van der Waals surface area contributed by atoms with Crippen LogP contribution in [0.4, 0.5) is 4.79 Å². The van der Waals surface area contributed by atoms with Gasteiger partial charge in [-0.05, 0) is 33.7 Å². The number of hydrogen-bond donors (Lipinski definition) is 2.